The number of fused-ring (bicyclic) bond motifs is 3. The van der Waals surface area contributed by atoms with E-state index in [0.717, 1.165) is 36.9 Å². The Kier molecular flexibility index (Phi) is 1.18. The van der Waals surface area contributed by atoms with Crippen LogP contribution in [-0.4, -0.2) is 19.0 Å². The van der Waals surface area contributed by atoms with Crippen molar-refractivity contribution in [2.75, 3.05) is 13.2 Å². The smallest absolute Gasteiger partial charge is 0.174 e. The van der Waals surface area contributed by atoms with Crippen LogP contribution in [0.15, 0.2) is 0 Å². The molecule has 0 aromatic rings. The van der Waals surface area contributed by atoms with Crippen molar-refractivity contribution in [3.63, 3.8) is 0 Å². The Balaban J connectivity index is 1.74. The van der Waals surface area contributed by atoms with Crippen molar-refractivity contribution in [1.82, 2.24) is 0 Å². The van der Waals surface area contributed by atoms with Gasteiger partial charge in [-0.1, -0.05) is 0 Å². The molecular weight excluding hydrogens is 164 g/mol. The minimum Gasteiger partial charge on any atom is -0.347 e. The number of hydrogen-bond acceptors (Lipinski definition) is 2. The zero-order valence-electron chi connectivity index (χ0n) is 7.87. The molecule has 13 heavy (non-hydrogen) atoms. The van der Waals surface area contributed by atoms with Gasteiger partial charge in [-0.15, -0.1) is 0 Å². The molecule has 1 aliphatic heterocycles. The van der Waals surface area contributed by atoms with Crippen molar-refractivity contribution in [2.45, 2.75) is 31.5 Å². The standard InChI is InChI=1S/C11H16O2/c1-2-9-8-5-7(1)6-10(8)11(9)12-3-4-13-11/h7-10H,1-6H2/t7?,8-,9?,10-/m1/s1. The second kappa shape index (κ2) is 2.12. The lowest BCUT2D eigenvalue weighted by atomic mass is 9.59. The van der Waals surface area contributed by atoms with E-state index in [1.807, 2.05) is 0 Å². The Bertz CT molecular complexity index is 236. The first-order valence-corrected chi connectivity index (χ1v) is 5.68. The molecular formula is C11H16O2. The lowest BCUT2D eigenvalue weighted by molar-refractivity contribution is -0.312. The van der Waals surface area contributed by atoms with Crippen molar-refractivity contribution < 1.29 is 9.47 Å². The maximum absolute atomic E-state index is 5.90. The van der Waals surface area contributed by atoms with Crippen LogP contribution in [0.3, 0.4) is 0 Å². The average molecular weight is 180 g/mol. The van der Waals surface area contributed by atoms with Crippen molar-refractivity contribution in [3.05, 3.63) is 0 Å². The molecule has 0 aromatic heterocycles. The van der Waals surface area contributed by atoms with Crippen LogP contribution in [0.1, 0.15) is 25.7 Å². The van der Waals surface area contributed by atoms with Crippen molar-refractivity contribution >= 4 is 0 Å². The van der Waals surface area contributed by atoms with Gasteiger partial charge < -0.3 is 9.47 Å². The van der Waals surface area contributed by atoms with Gasteiger partial charge in [0.25, 0.3) is 0 Å². The quantitative estimate of drug-likeness (QED) is 0.566. The van der Waals surface area contributed by atoms with E-state index >= 15 is 0 Å². The average Bonchev–Trinajstić information content (AvgIpc) is 2.68. The van der Waals surface area contributed by atoms with E-state index in [9.17, 15) is 0 Å². The van der Waals surface area contributed by atoms with E-state index in [4.69, 9.17) is 9.47 Å². The summed E-state index contributed by atoms with van der Waals surface area (Å²) in [5.74, 6) is 3.44. The third-order valence-electron chi connectivity index (χ3n) is 4.88. The maximum Gasteiger partial charge on any atom is 0.174 e. The summed E-state index contributed by atoms with van der Waals surface area (Å²) < 4.78 is 11.8. The molecule has 1 spiro atoms. The Labute approximate surface area is 78.6 Å². The fourth-order valence-corrected chi connectivity index (χ4v) is 4.48. The molecule has 3 saturated carbocycles. The normalized spacial score (nSPS) is 55.4. The summed E-state index contributed by atoms with van der Waals surface area (Å²) in [4.78, 5) is 0. The van der Waals surface area contributed by atoms with E-state index in [2.05, 4.69) is 0 Å². The Hall–Kier alpha value is -0.0800. The third kappa shape index (κ3) is 0.668. The monoisotopic (exact) mass is 180 g/mol. The molecule has 0 N–H and O–H groups in total. The molecule has 0 radical (unpaired) electrons. The van der Waals surface area contributed by atoms with Gasteiger partial charge >= 0.3 is 0 Å². The van der Waals surface area contributed by atoms with Gasteiger partial charge in [0.05, 0.1) is 13.2 Å². The molecule has 2 bridgehead atoms. The van der Waals surface area contributed by atoms with Gasteiger partial charge in [0.15, 0.2) is 5.79 Å². The largest absolute Gasteiger partial charge is 0.347 e. The van der Waals surface area contributed by atoms with Crippen molar-refractivity contribution in [2.24, 2.45) is 23.7 Å². The minimum atomic E-state index is -0.0735. The van der Waals surface area contributed by atoms with E-state index in [-0.39, 0.29) is 5.79 Å². The summed E-state index contributed by atoms with van der Waals surface area (Å²) in [5.41, 5.74) is 0. The van der Waals surface area contributed by atoms with Gasteiger partial charge in [0.2, 0.25) is 0 Å². The summed E-state index contributed by atoms with van der Waals surface area (Å²) in [7, 11) is 0. The third-order valence-corrected chi connectivity index (χ3v) is 4.88. The Morgan fingerprint density at radius 1 is 0.923 bits per heavy atom. The predicted octanol–water partition coefficient (Wildman–Crippen LogP) is 1.80. The van der Waals surface area contributed by atoms with Crippen LogP contribution < -0.4 is 0 Å². The summed E-state index contributed by atoms with van der Waals surface area (Å²) >= 11 is 0. The van der Waals surface area contributed by atoms with E-state index in [1.165, 1.54) is 25.7 Å². The first-order valence-electron chi connectivity index (χ1n) is 5.68. The van der Waals surface area contributed by atoms with Crippen LogP contribution in [-0.2, 0) is 9.47 Å². The van der Waals surface area contributed by atoms with E-state index in [1.54, 1.807) is 0 Å². The molecule has 0 amide bonds. The lowest BCUT2D eigenvalue weighted by Gasteiger charge is -2.55. The first-order chi connectivity index (χ1) is 6.40. The summed E-state index contributed by atoms with van der Waals surface area (Å²) in [6.07, 6.45) is 5.67. The maximum atomic E-state index is 5.90. The van der Waals surface area contributed by atoms with E-state index < -0.39 is 0 Å². The van der Waals surface area contributed by atoms with Crippen LogP contribution in [0.2, 0.25) is 0 Å². The summed E-state index contributed by atoms with van der Waals surface area (Å²) in [6, 6.07) is 0. The molecule has 4 rings (SSSR count). The molecule has 1 heterocycles. The highest BCUT2D eigenvalue weighted by Gasteiger charge is 2.69. The zero-order chi connectivity index (χ0) is 8.47. The topological polar surface area (TPSA) is 18.5 Å². The summed E-state index contributed by atoms with van der Waals surface area (Å²) in [5, 5.41) is 0. The predicted molar refractivity (Wildman–Crippen MR) is 47.1 cm³/mol. The van der Waals surface area contributed by atoms with Crippen LogP contribution in [0, 0.1) is 23.7 Å². The first kappa shape index (κ1) is 7.24. The molecule has 2 heteroatoms. The second-order valence-corrected chi connectivity index (χ2v) is 5.21. The van der Waals surface area contributed by atoms with Crippen LogP contribution >= 0.6 is 0 Å². The molecule has 0 aromatic carbocycles. The molecule has 2 nitrogen and oxygen atoms in total. The minimum absolute atomic E-state index is 0.0735. The number of hydrogen-bond donors (Lipinski definition) is 0. The molecule has 4 fully saturated rings. The van der Waals surface area contributed by atoms with Crippen molar-refractivity contribution in [1.29, 1.82) is 0 Å². The van der Waals surface area contributed by atoms with Crippen LogP contribution in [0.4, 0.5) is 0 Å². The van der Waals surface area contributed by atoms with Crippen LogP contribution in [0.25, 0.3) is 0 Å². The van der Waals surface area contributed by atoms with Crippen LogP contribution in [0.5, 0.6) is 0 Å². The summed E-state index contributed by atoms with van der Waals surface area (Å²) in [6.45, 7) is 1.68. The Morgan fingerprint density at radius 2 is 1.77 bits per heavy atom. The SMILES string of the molecule is C1COC2(O1)C1CCC3C[C@H]1[C@H]2C3. The highest BCUT2D eigenvalue weighted by molar-refractivity contribution is 5.13. The van der Waals surface area contributed by atoms with Gasteiger partial charge in [0.1, 0.15) is 0 Å². The number of rotatable bonds is 0. The molecule has 4 aliphatic rings. The van der Waals surface area contributed by atoms with E-state index in [0.29, 0.717) is 0 Å². The van der Waals surface area contributed by atoms with Gasteiger partial charge in [-0.2, -0.15) is 0 Å². The molecule has 1 saturated heterocycles. The molecule has 2 unspecified atom stereocenters. The zero-order valence-corrected chi connectivity index (χ0v) is 7.87. The number of ether oxygens (including phenoxy) is 2. The lowest BCUT2D eigenvalue weighted by Crippen LogP contribution is -2.61. The van der Waals surface area contributed by atoms with Gasteiger partial charge in [-0.3, -0.25) is 0 Å². The molecule has 3 aliphatic carbocycles. The van der Waals surface area contributed by atoms with Crippen molar-refractivity contribution in [3.8, 4) is 0 Å². The highest BCUT2D eigenvalue weighted by atomic mass is 16.7. The Morgan fingerprint density at radius 3 is 2.62 bits per heavy atom. The fraction of sp³-hybridized carbons (Fsp3) is 1.00. The van der Waals surface area contributed by atoms with Gasteiger partial charge in [-0.05, 0) is 37.5 Å². The second-order valence-electron chi connectivity index (χ2n) is 5.21. The fourth-order valence-electron chi connectivity index (χ4n) is 4.48. The molecule has 4 atom stereocenters. The van der Waals surface area contributed by atoms with Gasteiger partial charge in [-0.25, -0.2) is 0 Å². The molecule has 72 valence electrons. The highest BCUT2D eigenvalue weighted by Crippen LogP contribution is 2.67. The van der Waals surface area contributed by atoms with Gasteiger partial charge in [0, 0.05) is 11.8 Å².